The standard InChI is InChI=1S/C17H26N6/c1-13-21-22-15(23(13)5)11-19-16(18-4)20-12-17(2,3)14-9-7-6-8-10-14/h6-10H,11-12H2,1-5H3,(H2,18,19,20). The second-order valence-corrected chi connectivity index (χ2v) is 6.25. The summed E-state index contributed by atoms with van der Waals surface area (Å²) in [6.07, 6.45) is 0. The SMILES string of the molecule is CN=C(NCc1nnc(C)n1C)NCC(C)(C)c1ccccc1. The first-order valence-electron chi connectivity index (χ1n) is 7.79. The molecule has 0 bridgehead atoms. The van der Waals surface area contributed by atoms with Gasteiger partial charge in [-0.25, -0.2) is 0 Å². The van der Waals surface area contributed by atoms with E-state index in [0.717, 1.165) is 24.2 Å². The molecule has 124 valence electrons. The summed E-state index contributed by atoms with van der Waals surface area (Å²) in [5, 5.41) is 14.9. The molecule has 0 aliphatic carbocycles. The second-order valence-electron chi connectivity index (χ2n) is 6.25. The first kappa shape index (κ1) is 17.0. The lowest BCUT2D eigenvalue weighted by Gasteiger charge is -2.26. The van der Waals surface area contributed by atoms with Crippen LogP contribution in [0.2, 0.25) is 0 Å². The number of guanidine groups is 1. The predicted molar refractivity (Wildman–Crippen MR) is 93.4 cm³/mol. The molecular formula is C17H26N6. The van der Waals surface area contributed by atoms with Crippen molar-refractivity contribution in [1.82, 2.24) is 25.4 Å². The summed E-state index contributed by atoms with van der Waals surface area (Å²) >= 11 is 0. The van der Waals surface area contributed by atoms with Crippen LogP contribution in [0.4, 0.5) is 0 Å². The number of aromatic nitrogens is 3. The Kier molecular flexibility index (Phi) is 5.36. The van der Waals surface area contributed by atoms with E-state index in [1.54, 1.807) is 7.05 Å². The average Bonchev–Trinajstić information content (AvgIpc) is 2.88. The van der Waals surface area contributed by atoms with Gasteiger partial charge in [0.15, 0.2) is 11.8 Å². The van der Waals surface area contributed by atoms with Crippen molar-refractivity contribution < 1.29 is 0 Å². The highest BCUT2D eigenvalue weighted by Gasteiger charge is 2.20. The number of hydrogen-bond donors (Lipinski definition) is 2. The summed E-state index contributed by atoms with van der Waals surface area (Å²) in [7, 11) is 3.73. The van der Waals surface area contributed by atoms with Gasteiger partial charge in [-0.3, -0.25) is 4.99 Å². The summed E-state index contributed by atoms with van der Waals surface area (Å²) < 4.78 is 1.97. The first-order chi connectivity index (χ1) is 10.9. The highest BCUT2D eigenvalue weighted by Crippen LogP contribution is 2.21. The van der Waals surface area contributed by atoms with Crippen LogP contribution in [0.1, 0.15) is 31.1 Å². The normalized spacial score (nSPS) is 12.3. The molecule has 1 aromatic carbocycles. The molecule has 0 radical (unpaired) electrons. The van der Waals surface area contributed by atoms with Crippen molar-refractivity contribution in [3.8, 4) is 0 Å². The number of rotatable bonds is 5. The highest BCUT2D eigenvalue weighted by molar-refractivity contribution is 5.79. The van der Waals surface area contributed by atoms with Crippen LogP contribution in [0, 0.1) is 6.92 Å². The Morgan fingerprint density at radius 1 is 1.17 bits per heavy atom. The van der Waals surface area contributed by atoms with Crippen LogP contribution in [0.15, 0.2) is 35.3 Å². The number of aliphatic imine (C=N–C) groups is 1. The quantitative estimate of drug-likeness (QED) is 0.652. The zero-order valence-electron chi connectivity index (χ0n) is 14.6. The van der Waals surface area contributed by atoms with Gasteiger partial charge in [0.05, 0.1) is 6.54 Å². The lowest BCUT2D eigenvalue weighted by molar-refractivity contribution is 0.508. The monoisotopic (exact) mass is 314 g/mol. The van der Waals surface area contributed by atoms with Crippen molar-refractivity contribution in [3.05, 3.63) is 47.5 Å². The van der Waals surface area contributed by atoms with Crippen molar-refractivity contribution in [3.63, 3.8) is 0 Å². The van der Waals surface area contributed by atoms with Crippen LogP contribution >= 0.6 is 0 Å². The van der Waals surface area contributed by atoms with Crippen molar-refractivity contribution in [2.45, 2.75) is 32.7 Å². The Morgan fingerprint density at radius 3 is 2.43 bits per heavy atom. The number of nitrogens with zero attached hydrogens (tertiary/aromatic N) is 4. The summed E-state index contributed by atoms with van der Waals surface area (Å²) in [6.45, 7) is 7.74. The molecule has 1 aromatic heterocycles. The van der Waals surface area contributed by atoms with Gasteiger partial charge in [0.2, 0.25) is 0 Å². The predicted octanol–water partition coefficient (Wildman–Crippen LogP) is 1.77. The van der Waals surface area contributed by atoms with Crippen LogP contribution < -0.4 is 10.6 Å². The molecule has 2 N–H and O–H groups in total. The van der Waals surface area contributed by atoms with Gasteiger partial charge in [-0.2, -0.15) is 0 Å². The van der Waals surface area contributed by atoms with E-state index in [-0.39, 0.29) is 5.41 Å². The molecule has 2 rings (SSSR count). The minimum atomic E-state index is 0.0141. The summed E-state index contributed by atoms with van der Waals surface area (Å²) in [5.41, 5.74) is 1.31. The summed E-state index contributed by atoms with van der Waals surface area (Å²) in [4.78, 5) is 4.27. The largest absolute Gasteiger partial charge is 0.356 e. The van der Waals surface area contributed by atoms with Crippen LogP contribution in [0.5, 0.6) is 0 Å². The van der Waals surface area contributed by atoms with Gasteiger partial charge >= 0.3 is 0 Å². The zero-order valence-corrected chi connectivity index (χ0v) is 14.6. The first-order valence-corrected chi connectivity index (χ1v) is 7.79. The molecule has 0 saturated heterocycles. The molecule has 0 saturated carbocycles. The molecule has 0 aliphatic heterocycles. The topological polar surface area (TPSA) is 67.1 Å². The van der Waals surface area contributed by atoms with Gasteiger partial charge in [-0.05, 0) is 12.5 Å². The maximum atomic E-state index is 4.27. The van der Waals surface area contributed by atoms with Crippen molar-refractivity contribution >= 4 is 5.96 Å². The molecule has 6 nitrogen and oxygen atoms in total. The van der Waals surface area contributed by atoms with Gasteiger partial charge in [0.1, 0.15) is 5.82 Å². The number of nitrogens with one attached hydrogen (secondary N) is 2. The van der Waals surface area contributed by atoms with Crippen molar-refractivity contribution in [1.29, 1.82) is 0 Å². The molecule has 0 fully saturated rings. The molecule has 1 heterocycles. The summed E-state index contributed by atoms with van der Waals surface area (Å²) in [6, 6.07) is 10.5. The summed E-state index contributed by atoms with van der Waals surface area (Å²) in [5.74, 6) is 2.54. The third-order valence-corrected chi connectivity index (χ3v) is 4.07. The van der Waals surface area contributed by atoms with Gasteiger partial charge in [0.25, 0.3) is 0 Å². The van der Waals surface area contributed by atoms with E-state index in [9.17, 15) is 0 Å². The fourth-order valence-corrected chi connectivity index (χ4v) is 2.28. The third-order valence-electron chi connectivity index (χ3n) is 4.07. The molecule has 23 heavy (non-hydrogen) atoms. The molecular weight excluding hydrogens is 288 g/mol. The molecule has 0 aliphatic rings. The van der Waals surface area contributed by atoms with Crippen molar-refractivity contribution in [2.75, 3.05) is 13.6 Å². The minimum Gasteiger partial charge on any atom is -0.356 e. The Bertz CT molecular complexity index is 657. The molecule has 0 unspecified atom stereocenters. The van der Waals surface area contributed by atoms with Gasteiger partial charge in [0, 0.05) is 26.1 Å². The highest BCUT2D eigenvalue weighted by atomic mass is 15.3. The van der Waals surface area contributed by atoms with Crippen molar-refractivity contribution in [2.24, 2.45) is 12.0 Å². The van der Waals surface area contributed by atoms with E-state index in [1.165, 1.54) is 5.56 Å². The lowest BCUT2D eigenvalue weighted by Crippen LogP contribution is -2.43. The van der Waals surface area contributed by atoms with Crippen LogP contribution in [-0.4, -0.2) is 34.3 Å². The van der Waals surface area contributed by atoms with E-state index >= 15 is 0 Å². The van der Waals surface area contributed by atoms with Gasteiger partial charge in [-0.15, -0.1) is 10.2 Å². The zero-order chi connectivity index (χ0) is 16.9. The van der Waals surface area contributed by atoms with E-state index < -0.39 is 0 Å². The number of aryl methyl sites for hydroxylation is 1. The van der Waals surface area contributed by atoms with Gasteiger partial charge < -0.3 is 15.2 Å². The van der Waals surface area contributed by atoms with Crippen LogP contribution in [0.3, 0.4) is 0 Å². The second kappa shape index (κ2) is 7.26. The fourth-order valence-electron chi connectivity index (χ4n) is 2.28. The van der Waals surface area contributed by atoms with E-state index in [2.05, 4.69) is 63.9 Å². The molecule has 2 aromatic rings. The van der Waals surface area contributed by atoms with Crippen LogP contribution in [0.25, 0.3) is 0 Å². The van der Waals surface area contributed by atoms with E-state index in [4.69, 9.17) is 0 Å². The number of benzene rings is 1. The molecule has 0 atom stereocenters. The van der Waals surface area contributed by atoms with Gasteiger partial charge in [-0.1, -0.05) is 44.2 Å². The Balaban J connectivity index is 1.91. The maximum absolute atomic E-state index is 4.27. The number of hydrogen-bond acceptors (Lipinski definition) is 3. The minimum absolute atomic E-state index is 0.0141. The smallest absolute Gasteiger partial charge is 0.191 e. The lowest BCUT2D eigenvalue weighted by atomic mass is 9.85. The molecule has 0 spiro atoms. The Morgan fingerprint density at radius 2 is 1.87 bits per heavy atom. The average molecular weight is 314 g/mol. The Labute approximate surface area is 138 Å². The van der Waals surface area contributed by atoms with E-state index in [1.807, 2.05) is 24.6 Å². The molecule has 0 amide bonds. The fraction of sp³-hybridized carbons (Fsp3) is 0.471. The maximum Gasteiger partial charge on any atom is 0.191 e. The van der Waals surface area contributed by atoms with E-state index in [0.29, 0.717) is 6.54 Å². The Hall–Kier alpha value is -2.37. The third kappa shape index (κ3) is 4.31. The molecule has 6 heteroatoms. The van der Waals surface area contributed by atoms with Crippen LogP contribution in [-0.2, 0) is 19.0 Å².